The van der Waals surface area contributed by atoms with E-state index in [-0.39, 0.29) is 0 Å². The number of fused-ring (bicyclic) bond motifs is 1. The van der Waals surface area contributed by atoms with Crippen LogP contribution in [0.3, 0.4) is 0 Å². The third-order valence-corrected chi connectivity index (χ3v) is 3.82. The maximum atomic E-state index is 9.86. The van der Waals surface area contributed by atoms with Gasteiger partial charge < -0.3 is 9.67 Å². The topological polar surface area (TPSA) is 38.1 Å². The van der Waals surface area contributed by atoms with Crippen LogP contribution in [0.1, 0.15) is 19.5 Å². The molecule has 0 atom stereocenters. The number of phenolic OH excluding ortho intramolecular Hbond substituents is 1. The molecule has 108 valence electrons. The average Bonchev–Trinajstić information content (AvgIpc) is 2.71. The van der Waals surface area contributed by atoms with Gasteiger partial charge in [0, 0.05) is 41.1 Å². The van der Waals surface area contributed by atoms with Crippen molar-refractivity contribution in [3.05, 3.63) is 48.4 Å². The third kappa shape index (κ3) is 2.40. The Labute approximate surface area is 124 Å². The number of phenols is 1. The molecule has 3 heteroatoms. The molecule has 0 aliphatic carbocycles. The van der Waals surface area contributed by atoms with E-state index in [2.05, 4.69) is 30.3 Å². The molecule has 0 saturated heterocycles. The van der Waals surface area contributed by atoms with Crippen LogP contribution in [0.4, 0.5) is 0 Å². The SMILES string of the molecule is Cc1c(-c2ccncc2)c2cc(O)ccc2n1CC(C)C. The Hall–Kier alpha value is -2.29. The fourth-order valence-corrected chi connectivity index (χ4v) is 2.95. The van der Waals surface area contributed by atoms with Gasteiger partial charge in [0.25, 0.3) is 0 Å². The van der Waals surface area contributed by atoms with Crippen LogP contribution in [0, 0.1) is 12.8 Å². The zero-order valence-corrected chi connectivity index (χ0v) is 12.7. The Bertz CT molecular complexity index is 773. The molecule has 0 fully saturated rings. The van der Waals surface area contributed by atoms with Gasteiger partial charge in [-0.2, -0.15) is 0 Å². The Balaban J connectivity index is 2.33. The number of aromatic hydroxyl groups is 1. The summed E-state index contributed by atoms with van der Waals surface area (Å²) < 4.78 is 2.34. The van der Waals surface area contributed by atoms with Crippen LogP contribution in [-0.2, 0) is 6.54 Å². The predicted molar refractivity (Wildman–Crippen MR) is 86.4 cm³/mol. The highest BCUT2D eigenvalue weighted by atomic mass is 16.3. The van der Waals surface area contributed by atoms with Crippen LogP contribution < -0.4 is 0 Å². The first-order valence-electron chi connectivity index (χ1n) is 7.30. The van der Waals surface area contributed by atoms with Crippen LogP contribution in [0.5, 0.6) is 5.75 Å². The number of nitrogens with zero attached hydrogens (tertiary/aromatic N) is 2. The molecule has 0 radical (unpaired) electrons. The summed E-state index contributed by atoms with van der Waals surface area (Å²) in [4.78, 5) is 4.10. The van der Waals surface area contributed by atoms with Crippen LogP contribution in [0.15, 0.2) is 42.7 Å². The Morgan fingerprint density at radius 1 is 1.14 bits per heavy atom. The van der Waals surface area contributed by atoms with Gasteiger partial charge in [0.1, 0.15) is 5.75 Å². The lowest BCUT2D eigenvalue weighted by molar-refractivity contribution is 0.476. The van der Waals surface area contributed by atoms with Crippen LogP contribution in [0.25, 0.3) is 22.0 Å². The molecule has 3 rings (SSSR count). The van der Waals surface area contributed by atoms with E-state index in [9.17, 15) is 5.11 Å². The van der Waals surface area contributed by atoms with E-state index in [4.69, 9.17) is 0 Å². The van der Waals surface area contributed by atoms with E-state index in [0.717, 1.165) is 17.5 Å². The van der Waals surface area contributed by atoms with Crippen molar-refractivity contribution in [3.63, 3.8) is 0 Å². The minimum atomic E-state index is 0.305. The van der Waals surface area contributed by atoms with E-state index in [0.29, 0.717) is 11.7 Å². The van der Waals surface area contributed by atoms with Gasteiger partial charge >= 0.3 is 0 Å². The summed E-state index contributed by atoms with van der Waals surface area (Å²) in [5, 5.41) is 11.0. The Morgan fingerprint density at radius 2 is 1.86 bits per heavy atom. The van der Waals surface area contributed by atoms with Crippen LogP contribution in [0.2, 0.25) is 0 Å². The Kier molecular flexibility index (Phi) is 3.42. The average molecular weight is 280 g/mol. The number of aromatic nitrogens is 2. The number of hydrogen-bond acceptors (Lipinski definition) is 2. The number of pyridine rings is 1. The van der Waals surface area contributed by atoms with E-state index in [1.807, 2.05) is 36.7 Å². The van der Waals surface area contributed by atoms with Gasteiger partial charge in [-0.05, 0) is 48.7 Å². The van der Waals surface area contributed by atoms with Gasteiger partial charge in [-0.1, -0.05) is 13.8 Å². The van der Waals surface area contributed by atoms with Gasteiger partial charge in [-0.15, -0.1) is 0 Å². The zero-order valence-electron chi connectivity index (χ0n) is 12.7. The molecule has 0 unspecified atom stereocenters. The van der Waals surface area contributed by atoms with Gasteiger partial charge in [-0.25, -0.2) is 0 Å². The highest BCUT2D eigenvalue weighted by Crippen LogP contribution is 2.36. The summed E-state index contributed by atoms with van der Waals surface area (Å²) >= 11 is 0. The number of hydrogen-bond donors (Lipinski definition) is 1. The zero-order chi connectivity index (χ0) is 15.0. The normalized spacial score (nSPS) is 11.4. The molecule has 1 aromatic carbocycles. The molecule has 0 spiro atoms. The molecule has 0 saturated carbocycles. The molecule has 2 heterocycles. The van der Waals surface area contributed by atoms with Gasteiger partial charge in [0.15, 0.2) is 0 Å². The lowest BCUT2D eigenvalue weighted by Gasteiger charge is -2.11. The minimum Gasteiger partial charge on any atom is -0.508 e. The molecular weight excluding hydrogens is 260 g/mol. The van der Waals surface area contributed by atoms with E-state index >= 15 is 0 Å². The van der Waals surface area contributed by atoms with E-state index in [1.165, 1.54) is 16.8 Å². The molecule has 21 heavy (non-hydrogen) atoms. The van der Waals surface area contributed by atoms with Crippen molar-refractivity contribution in [2.75, 3.05) is 0 Å². The Morgan fingerprint density at radius 3 is 2.52 bits per heavy atom. The molecule has 3 aromatic rings. The van der Waals surface area contributed by atoms with Crippen LogP contribution >= 0.6 is 0 Å². The van der Waals surface area contributed by atoms with Crippen molar-refractivity contribution in [2.45, 2.75) is 27.3 Å². The summed E-state index contributed by atoms with van der Waals surface area (Å²) in [6.45, 7) is 7.56. The standard InChI is InChI=1S/C18H20N2O/c1-12(2)11-20-13(3)18(14-6-8-19-9-7-14)16-10-15(21)4-5-17(16)20/h4-10,12,21H,11H2,1-3H3. The van der Waals surface area contributed by atoms with Crippen molar-refractivity contribution >= 4 is 10.9 Å². The third-order valence-electron chi connectivity index (χ3n) is 3.82. The fourth-order valence-electron chi connectivity index (χ4n) is 2.95. The van der Waals surface area contributed by atoms with E-state index in [1.54, 1.807) is 6.07 Å². The largest absolute Gasteiger partial charge is 0.508 e. The molecule has 0 aliphatic heterocycles. The van der Waals surface area contributed by atoms with E-state index < -0.39 is 0 Å². The second kappa shape index (κ2) is 5.24. The second-order valence-corrected chi connectivity index (χ2v) is 5.90. The fraction of sp³-hybridized carbons (Fsp3) is 0.278. The maximum absolute atomic E-state index is 9.86. The lowest BCUT2D eigenvalue weighted by Crippen LogP contribution is -2.05. The van der Waals surface area contributed by atoms with Gasteiger partial charge in [0.2, 0.25) is 0 Å². The van der Waals surface area contributed by atoms with Gasteiger partial charge in [-0.3, -0.25) is 4.98 Å². The lowest BCUT2D eigenvalue weighted by atomic mass is 10.0. The maximum Gasteiger partial charge on any atom is 0.116 e. The van der Waals surface area contributed by atoms with Crippen molar-refractivity contribution in [1.29, 1.82) is 0 Å². The first kappa shape index (κ1) is 13.7. The summed E-state index contributed by atoms with van der Waals surface area (Å²) in [6.07, 6.45) is 3.62. The molecule has 2 aromatic heterocycles. The smallest absolute Gasteiger partial charge is 0.116 e. The molecule has 1 N–H and O–H groups in total. The first-order valence-corrected chi connectivity index (χ1v) is 7.30. The van der Waals surface area contributed by atoms with Gasteiger partial charge in [0.05, 0.1) is 0 Å². The highest BCUT2D eigenvalue weighted by Gasteiger charge is 2.16. The first-order chi connectivity index (χ1) is 10.1. The highest BCUT2D eigenvalue weighted by molar-refractivity contribution is 5.98. The summed E-state index contributed by atoms with van der Waals surface area (Å²) in [7, 11) is 0. The van der Waals surface area contributed by atoms with Crippen molar-refractivity contribution < 1.29 is 5.11 Å². The monoisotopic (exact) mass is 280 g/mol. The van der Waals surface area contributed by atoms with Crippen molar-refractivity contribution in [2.24, 2.45) is 5.92 Å². The number of rotatable bonds is 3. The quantitative estimate of drug-likeness (QED) is 0.773. The molecule has 0 bridgehead atoms. The van der Waals surface area contributed by atoms with Crippen molar-refractivity contribution in [1.82, 2.24) is 9.55 Å². The summed E-state index contributed by atoms with van der Waals surface area (Å²) in [5.74, 6) is 0.873. The number of benzene rings is 1. The molecule has 0 aliphatic rings. The second-order valence-electron chi connectivity index (χ2n) is 5.90. The van der Waals surface area contributed by atoms with Crippen LogP contribution in [-0.4, -0.2) is 14.7 Å². The molecule has 3 nitrogen and oxygen atoms in total. The minimum absolute atomic E-state index is 0.305. The summed E-state index contributed by atoms with van der Waals surface area (Å²) in [5.41, 5.74) is 4.73. The molecule has 0 amide bonds. The molecular formula is C18H20N2O. The summed E-state index contributed by atoms with van der Waals surface area (Å²) in [6, 6.07) is 9.66. The van der Waals surface area contributed by atoms with Crippen molar-refractivity contribution in [3.8, 4) is 16.9 Å². The predicted octanol–water partition coefficient (Wildman–Crippen LogP) is 4.37.